The van der Waals surface area contributed by atoms with Gasteiger partial charge in [0.15, 0.2) is 0 Å². The Bertz CT molecular complexity index is 578. The number of aromatic nitrogens is 3. The van der Waals surface area contributed by atoms with Crippen LogP contribution in [0, 0.1) is 6.92 Å². The highest BCUT2D eigenvalue weighted by molar-refractivity contribution is 5.94. The molecule has 20 heavy (non-hydrogen) atoms. The number of hydrogen-bond donors (Lipinski definition) is 3. The molecule has 0 aliphatic carbocycles. The zero-order chi connectivity index (χ0) is 14.4. The molecular formula is C14H19N5O. The molecule has 0 radical (unpaired) electrons. The molecule has 0 atom stereocenters. The second-order valence-corrected chi connectivity index (χ2v) is 4.56. The Morgan fingerprint density at radius 2 is 2.30 bits per heavy atom. The van der Waals surface area contributed by atoms with Gasteiger partial charge in [-0.05, 0) is 25.5 Å². The van der Waals surface area contributed by atoms with Gasteiger partial charge in [-0.25, -0.2) is 4.98 Å². The molecule has 6 nitrogen and oxygen atoms in total. The van der Waals surface area contributed by atoms with Crippen molar-refractivity contribution in [2.75, 3.05) is 11.9 Å². The summed E-state index contributed by atoms with van der Waals surface area (Å²) in [6, 6.07) is 3.46. The van der Waals surface area contributed by atoms with Gasteiger partial charge in [-0.2, -0.15) is 5.10 Å². The fraction of sp³-hybridized carbons (Fsp3) is 0.357. The fourth-order valence-electron chi connectivity index (χ4n) is 1.75. The van der Waals surface area contributed by atoms with Gasteiger partial charge < -0.3 is 10.6 Å². The lowest BCUT2D eigenvalue weighted by molar-refractivity contribution is 0.0951. The number of H-pyrrole nitrogens is 1. The predicted molar refractivity (Wildman–Crippen MR) is 77.5 cm³/mol. The van der Waals surface area contributed by atoms with Gasteiger partial charge in [0.2, 0.25) is 0 Å². The molecule has 2 heterocycles. The molecule has 106 valence electrons. The first-order valence-electron chi connectivity index (χ1n) is 6.67. The van der Waals surface area contributed by atoms with Gasteiger partial charge in [0.1, 0.15) is 5.82 Å². The third-order valence-electron chi connectivity index (χ3n) is 2.95. The van der Waals surface area contributed by atoms with Crippen molar-refractivity contribution in [2.45, 2.75) is 26.8 Å². The molecular weight excluding hydrogens is 254 g/mol. The van der Waals surface area contributed by atoms with E-state index in [1.807, 2.05) is 6.92 Å². The summed E-state index contributed by atoms with van der Waals surface area (Å²) in [5.74, 6) is 0.603. The lowest BCUT2D eigenvalue weighted by atomic mass is 10.2. The molecule has 0 spiro atoms. The van der Waals surface area contributed by atoms with E-state index in [1.165, 1.54) is 0 Å². The first-order chi connectivity index (χ1) is 9.70. The van der Waals surface area contributed by atoms with E-state index in [0.717, 1.165) is 30.0 Å². The van der Waals surface area contributed by atoms with E-state index in [9.17, 15) is 4.79 Å². The van der Waals surface area contributed by atoms with E-state index < -0.39 is 0 Å². The first kappa shape index (κ1) is 14.0. The predicted octanol–water partition coefficient (Wildman–Crippen LogP) is 1.87. The minimum Gasteiger partial charge on any atom is -0.370 e. The summed E-state index contributed by atoms with van der Waals surface area (Å²) in [7, 11) is 0. The van der Waals surface area contributed by atoms with Crippen LogP contribution in [0.25, 0.3) is 0 Å². The summed E-state index contributed by atoms with van der Waals surface area (Å²) in [5.41, 5.74) is 2.54. The molecule has 2 aromatic heterocycles. The van der Waals surface area contributed by atoms with Crippen LogP contribution in [-0.2, 0) is 6.54 Å². The third kappa shape index (κ3) is 3.57. The maximum absolute atomic E-state index is 12.1. The smallest absolute Gasteiger partial charge is 0.251 e. The van der Waals surface area contributed by atoms with E-state index in [2.05, 4.69) is 32.7 Å². The highest BCUT2D eigenvalue weighted by atomic mass is 16.1. The van der Waals surface area contributed by atoms with Crippen molar-refractivity contribution < 1.29 is 4.79 Å². The number of hydrogen-bond acceptors (Lipinski definition) is 4. The molecule has 0 fully saturated rings. The van der Waals surface area contributed by atoms with E-state index >= 15 is 0 Å². The summed E-state index contributed by atoms with van der Waals surface area (Å²) < 4.78 is 0. The number of aryl methyl sites for hydroxylation is 1. The second kappa shape index (κ2) is 6.70. The lowest BCUT2D eigenvalue weighted by Gasteiger charge is -2.07. The molecule has 0 unspecified atom stereocenters. The van der Waals surface area contributed by atoms with Crippen LogP contribution in [0.1, 0.15) is 35.0 Å². The van der Waals surface area contributed by atoms with E-state index in [4.69, 9.17) is 0 Å². The van der Waals surface area contributed by atoms with Crippen LogP contribution < -0.4 is 10.6 Å². The SMILES string of the molecule is CCCNc1cc(C(=O)NCc2cn[nH]c2C)ccn1. The van der Waals surface area contributed by atoms with Crippen molar-refractivity contribution in [3.63, 3.8) is 0 Å². The molecule has 2 rings (SSSR count). The minimum absolute atomic E-state index is 0.118. The zero-order valence-corrected chi connectivity index (χ0v) is 11.7. The third-order valence-corrected chi connectivity index (χ3v) is 2.95. The Balaban J connectivity index is 1.96. The van der Waals surface area contributed by atoms with Gasteiger partial charge in [0.25, 0.3) is 5.91 Å². The van der Waals surface area contributed by atoms with Crippen LogP contribution >= 0.6 is 0 Å². The Hall–Kier alpha value is -2.37. The summed E-state index contributed by atoms with van der Waals surface area (Å²) in [5, 5.41) is 12.8. The standard InChI is InChI=1S/C14H19N5O/c1-3-5-15-13-7-11(4-6-16-13)14(20)17-8-12-9-18-19-10(12)2/h4,6-7,9H,3,5,8H2,1-2H3,(H,15,16)(H,17,20)(H,18,19). The van der Waals surface area contributed by atoms with Gasteiger partial charge in [0.05, 0.1) is 6.20 Å². The highest BCUT2D eigenvalue weighted by Gasteiger charge is 2.08. The fourth-order valence-corrected chi connectivity index (χ4v) is 1.75. The van der Waals surface area contributed by atoms with Crippen molar-refractivity contribution in [1.29, 1.82) is 0 Å². The quantitative estimate of drug-likeness (QED) is 0.750. The Morgan fingerprint density at radius 3 is 3.00 bits per heavy atom. The number of carbonyl (C=O) groups is 1. The maximum atomic E-state index is 12.1. The number of nitrogens with one attached hydrogen (secondary N) is 3. The number of rotatable bonds is 6. The number of carbonyl (C=O) groups excluding carboxylic acids is 1. The molecule has 0 aliphatic rings. The number of aromatic amines is 1. The lowest BCUT2D eigenvalue weighted by Crippen LogP contribution is -2.23. The van der Waals surface area contributed by atoms with Crippen LogP contribution in [-0.4, -0.2) is 27.6 Å². The molecule has 0 aromatic carbocycles. The summed E-state index contributed by atoms with van der Waals surface area (Å²) in [6.45, 7) is 5.30. The summed E-state index contributed by atoms with van der Waals surface area (Å²) in [6.07, 6.45) is 4.37. The monoisotopic (exact) mass is 273 g/mol. The molecule has 3 N–H and O–H groups in total. The van der Waals surface area contributed by atoms with Crippen molar-refractivity contribution >= 4 is 11.7 Å². The molecule has 6 heteroatoms. The Kier molecular flexibility index (Phi) is 4.70. The molecule has 0 saturated carbocycles. The van der Waals surface area contributed by atoms with E-state index in [-0.39, 0.29) is 5.91 Å². The molecule has 2 aromatic rings. The topological polar surface area (TPSA) is 82.7 Å². The van der Waals surface area contributed by atoms with Crippen LogP contribution in [0.5, 0.6) is 0 Å². The normalized spacial score (nSPS) is 10.3. The van der Waals surface area contributed by atoms with Gasteiger partial charge in [-0.3, -0.25) is 9.89 Å². The number of anilines is 1. The Morgan fingerprint density at radius 1 is 1.45 bits per heavy atom. The summed E-state index contributed by atoms with van der Waals surface area (Å²) in [4.78, 5) is 16.3. The minimum atomic E-state index is -0.118. The average Bonchev–Trinajstić information content (AvgIpc) is 2.88. The van der Waals surface area contributed by atoms with Crippen molar-refractivity contribution in [1.82, 2.24) is 20.5 Å². The highest BCUT2D eigenvalue weighted by Crippen LogP contribution is 2.08. The molecule has 0 bridgehead atoms. The molecule has 1 amide bonds. The van der Waals surface area contributed by atoms with Gasteiger partial charge in [-0.1, -0.05) is 6.92 Å². The van der Waals surface area contributed by atoms with Crippen LogP contribution in [0.15, 0.2) is 24.5 Å². The van der Waals surface area contributed by atoms with Crippen LogP contribution in [0.2, 0.25) is 0 Å². The second-order valence-electron chi connectivity index (χ2n) is 4.56. The van der Waals surface area contributed by atoms with Gasteiger partial charge in [-0.15, -0.1) is 0 Å². The molecule has 0 saturated heterocycles. The van der Waals surface area contributed by atoms with E-state index in [0.29, 0.717) is 12.1 Å². The largest absolute Gasteiger partial charge is 0.370 e. The number of pyridine rings is 1. The average molecular weight is 273 g/mol. The Labute approximate surface area is 118 Å². The van der Waals surface area contributed by atoms with Crippen molar-refractivity contribution in [2.24, 2.45) is 0 Å². The maximum Gasteiger partial charge on any atom is 0.251 e. The van der Waals surface area contributed by atoms with Crippen molar-refractivity contribution in [3.05, 3.63) is 41.3 Å². The van der Waals surface area contributed by atoms with Crippen LogP contribution in [0.3, 0.4) is 0 Å². The van der Waals surface area contributed by atoms with Crippen molar-refractivity contribution in [3.8, 4) is 0 Å². The zero-order valence-electron chi connectivity index (χ0n) is 11.7. The first-order valence-corrected chi connectivity index (χ1v) is 6.67. The van der Waals surface area contributed by atoms with E-state index in [1.54, 1.807) is 24.5 Å². The van der Waals surface area contributed by atoms with Gasteiger partial charge in [0, 0.05) is 36.1 Å². The summed E-state index contributed by atoms with van der Waals surface area (Å²) >= 11 is 0. The van der Waals surface area contributed by atoms with Gasteiger partial charge >= 0.3 is 0 Å². The van der Waals surface area contributed by atoms with Crippen LogP contribution in [0.4, 0.5) is 5.82 Å². The molecule has 0 aliphatic heterocycles. The number of nitrogens with zero attached hydrogens (tertiary/aromatic N) is 2. The number of amides is 1.